The number of rotatable bonds is 2. The minimum Gasteiger partial charge on any atom is -0.506 e. The van der Waals surface area contributed by atoms with Crippen molar-refractivity contribution in [3.8, 4) is 5.75 Å². The Morgan fingerprint density at radius 2 is 2.22 bits per heavy atom. The molecule has 1 aromatic carbocycles. The maximum absolute atomic E-state index is 12.4. The van der Waals surface area contributed by atoms with Crippen LogP contribution in [-0.2, 0) is 14.8 Å². The molecule has 18 heavy (non-hydrogen) atoms. The molecule has 0 saturated carbocycles. The van der Waals surface area contributed by atoms with Crippen LogP contribution in [0.5, 0.6) is 5.75 Å². The summed E-state index contributed by atoms with van der Waals surface area (Å²) in [4.78, 5) is 0.0894. The number of morpholine rings is 1. The second-order valence-electron chi connectivity index (χ2n) is 4.26. The zero-order valence-corrected chi connectivity index (χ0v) is 10.9. The summed E-state index contributed by atoms with van der Waals surface area (Å²) >= 11 is 0. The van der Waals surface area contributed by atoms with Crippen molar-refractivity contribution in [1.29, 1.82) is 0 Å². The summed E-state index contributed by atoms with van der Waals surface area (Å²) in [5.41, 5.74) is 5.58. The van der Waals surface area contributed by atoms with Crippen molar-refractivity contribution in [1.82, 2.24) is 4.31 Å². The first-order valence-electron chi connectivity index (χ1n) is 5.61. The molecular weight excluding hydrogens is 256 g/mol. The fourth-order valence-electron chi connectivity index (χ4n) is 1.90. The van der Waals surface area contributed by atoms with Crippen LogP contribution in [0.25, 0.3) is 0 Å². The molecule has 2 rings (SSSR count). The SMILES string of the molecule is CC1COCCN1S(=O)(=O)c1ccc(O)c(N)c1. The summed E-state index contributed by atoms with van der Waals surface area (Å²) in [6.45, 7) is 2.88. The fourth-order valence-corrected chi connectivity index (χ4v) is 3.53. The Bertz CT molecular complexity index is 544. The number of phenolic OH excluding ortho intramolecular Hbond substituents is 1. The number of sulfonamides is 1. The molecule has 1 aliphatic heterocycles. The molecule has 0 aromatic heterocycles. The summed E-state index contributed by atoms with van der Waals surface area (Å²) in [6, 6.07) is 3.70. The van der Waals surface area contributed by atoms with Gasteiger partial charge < -0.3 is 15.6 Å². The van der Waals surface area contributed by atoms with Gasteiger partial charge in [-0.2, -0.15) is 4.31 Å². The first-order valence-corrected chi connectivity index (χ1v) is 7.05. The molecule has 3 N–H and O–H groups in total. The van der Waals surface area contributed by atoms with Gasteiger partial charge in [0.1, 0.15) is 5.75 Å². The van der Waals surface area contributed by atoms with Gasteiger partial charge in [-0.05, 0) is 25.1 Å². The maximum atomic E-state index is 12.4. The van der Waals surface area contributed by atoms with Crippen LogP contribution in [0.3, 0.4) is 0 Å². The molecule has 1 unspecified atom stereocenters. The van der Waals surface area contributed by atoms with Crippen LogP contribution in [0.2, 0.25) is 0 Å². The van der Waals surface area contributed by atoms with Crippen LogP contribution in [0, 0.1) is 0 Å². The Kier molecular flexibility index (Phi) is 3.47. The Morgan fingerprint density at radius 3 is 2.83 bits per heavy atom. The fraction of sp³-hybridized carbons (Fsp3) is 0.455. The smallest absolute Gasteiger partial charge is 0.243 e. The van der Waals surface area contributed by atoms with Gasteiger partial charge in [0, 0.05) is 12.6 Å². The summed E-state index contributed by atoms with van der Waals surface area (Å²) in [5, 5.41) is 9.32. The predicted molar refractivity (Wildman–Crippen MR) is 66.7 cm³/mol. The van der Waals surface area contributed by atoms with Gasteiger partial charge in [-0.3, -0.25) is 0 Å². The summed E-state index contributed by atoms with van der Waals surface area (Å²) < 4.78 is 31.4. The highest BCUT2D eigenvalue weighted by Crippen LogP contribution is 2.26. The lowest BCUT2D eigenvalue weighted by Crippen LogP contribution is -2.46. The van der Waals surface area contributed by atoms with Gasteiger partial charge in [0.25, 0.3) is 0 Å². The van der Waals surface area contributed by atoms with E-state index in [0.29, 0.717) is 19.8 Å². The quantitative estimate of drug-likeness (QED) is 0.600. The molecule has 100 valence electrons. The Morgan fingerprint density at radius 1 is 1.50 bits per heavy atom. The molecule has 6 nitrogen and oxygen atoms in total. The Balaban J connectivity index is 2.37. The molecule has 1 fully saturated rings. The van der Waals surface area contributed by atoms with Crippen molar-refractivity contribution in [2.24, 2.45) is 0 Å². The van der Waals surface area contributed by atoms with E-state index < -0.39 is 10.0 Å². The number of anilines is 1. The molecule has 7 heteroatoms. The third kappa shape index (κ3) is 2.29. The second-order valence-corrected chi connectivity index (χ2v) is 6.15. The van der Waals surface area contributed by atoms with Gasteiger partial charge in [-0.1, -0.05) is 0 Å². The molecule has 0 radical (unpaired) electrons. The number of aromatic hydroxyl groups is 1. The van der Waals surface area contributed by atoms with E-state index in [2.05, 4.69) is 0 Å². The third-order valence-corrected chi connectivity index (χ3v) is 4.92. The molecule has 0 aliphatic carbocycles. The molecule has 1 aliphatic rings. The highest BCUT2D eigenvalue weighted by molar-refractivity contribution is 7.89. The van der Waals surface area contributed by atoms with Crippen molar-refractivity contribution in [2.75, 3.05) is 25.5 Å². The van der Waals surface area contributed by atoms with E-state index in [1.807, 2.05) is 0 Å². The number of ether oxygens (including phenoxy) is 1. The van der Waals surface area contributed by atoms with E-state index in [0.717, 1.165) is 0 Å². The van der Waals surface area contributed by atoms with Crippen LogP contribution < -0.4 is 5.73 Å². The molecule has 0 spiro atoms. The van der Waals surface area contributed by atoms with Gasteiger partial charge in [-0.25, -0.2) is 8.42 Å². The number of nitrogen functional groups attached to an aromatic ring is 1. The van der Waals surface area contributed by atoms with Crippen molar-refractivity contribution in [2.45, 2.75) is 17.9 Å². The third-order valence-electron chi connectivity index (χ3n) is 2.91. The molecule has 0 bridgehead atoms. The molecule has 1 aromatic rings. The van der Waals surface area contributed by atoms with E-state index in [1.54, 1.807) is 6.92 Å². The molecule has 1 saturated heterocycles. The van der Waals surface area contributed by atoms with E-state index in [-0.39, 0.29) is 22.4 Å². The van der Waals surface area contributed by atoms with Crippen molar-refractivity contribution in [3.63, 3.8) is 0 Å². The minimum absolute atomic E-state index is 0.0528. The van der Waals surface area contributed by atoms with E-state index in [1.165, 1.54) is 22.5 Å². The summed E-state index contributed by atoms with van der Waals surface area (Å²) in [5.74, 6) is -0.121. The lowest BCUT2D eigenvalue weighted by atomic mass is 10.3. The predicted octanol–water partition coefficient (Wildman–Crippen LogP) is 0.384. The van der Waals surface area contributed by atoms with Gasteiger partial charge in [-0.15, -0.1) is 0 Å². The van der Waals surface area contributed by atoms with Gasteiger partial charge in [0.15, 0.2) is 0 Å². The lowest BCUT2D eigenvalue weighted by molar-refractivity contribution is 0.0393. The number of hydrogen-bond acceptors (Lipinski definition) is 5. The zero-order chi connectivity index (χ0) is 13.3. The van der Waals surface area contributed by atoms with Crippen LogP contribution in [0.1, 0.15) is 6.92 Å². The zero-order valence-electron chi connectivity index (χ0n) is 10.0. The highest BCUT2D eigenvalue weighted by atomic mass is 32.2. The summed E-state index contributed by atoms with van der Waals surface area (Å²) in [6.07, 6.45) is 0. The molecule has 1 heterocycles. The maximum Gasteiger partial charge on any atom is 0.243 e. The van der Waals surface area contributed by atoms with Crippen LogP contribution in [-0.4, -0.2) is 43.6 Å². The van der Waals surface area contributed by atoms with Gasteiger partial charge >= 0.3 is 0 Å². The molecular formula is C11H16N2O4S. The first kappa shape index (κ1) is 13.1. The Hall–Kier alpha value is -1.31. The topological polar surface area (TPSA) is 92.9 Å². The van der Waals surface area contributed by atoms with Gasteiger partial charge in [0.05, 0.1) is 23.8 Å². The van der Waals surface area contributed by atoms with Crippen LogP contribution in [0.15, 0.2) is 23.1 Å². The Labute approximate surface area is 106 Å². The summed E-state index contributed by atoms with van der Waals surface area (Å²) in [7, 11) is -3.59. The number of phenols is 1. The van der Waals surface area contributed by atoms with Crippen molar-refractivity contribution in [3.05, 3.63) is 18.2 Å². The number of nitrogens with zero attached hydrogens (tertiary/aromatic N) is 1. The molecule has 0 amide bonds. The average Bonchev–Trinajstić information content (AvgIpc) is 2.33. The molecule has 1 atom stereocenters. The largest absolute Gasteiger partial charge is 0.506 e. The van der Waals surface area contributed by atoms with Crippen molar-refractivity contribution < 1.29 is 18.3 Å². The first-order chi connectivity index (χ1) is 8.43. The van der Waals surface area contributed by atoms with E-state index in [9.17, 15) is 13.5 Å². The second kappa shape index (κ2) is 4.75. The number of benzene rings is 1. The number of hydrogen-bond donors (Lipinski definition) is 2. The lowest BCUT2D eigenvalue weighted by Gasteiger charge is -2.32. The minimum atomic E-state index is -3.59. The van der Waals surface area contributed by atoms with Crippen molar-refractivity contribution >= 4 is 15.7 Å². The van der Waals surface area contributed by atoms with Crippen LogP contribution >= 0.6 is 0 Å². The van der Waals surface area contributed by atoms with Gasteiger partial charge in [0.2, 0.25) is 10.0 Å². The van der Waals surface area contributed by atoms with E-state index >= 15 is 0 Å². The van der Waals surface area contributed by atoms with Crippen LogP contribution in [0.4, 0.5) is 5.69 Å². The highest BCUT2D eigenvalue weighted by Gasteiger charge is 2.31. The number of nitrogens with two attached hydrogens (primary N) is 1. The normalized spacial score (nSPS) is 21.9. The average molecular weight is 272 g/mol. The van der Waals surface area contributed by atoms with E-state index in [4.69, 9.17) is 10.5 Å². The monoisotopic (exact) mass is 272 g/mol. The standard InChI is InChI=1S/C11H16N2O4S/c1-8-7-17-5-4-13(8)18(15,16)9-2-3-11(14)10(12)6-9/h2-3,6,8,14H,4-5,7,12H2,1H3.